The van der Waals surface area contributed by atoms with Gasteiger partial charge in [0.25, 0.3) is 0 Å². The molecule has 2 aromatic rings. The molecule has 19 heavy (non-hydrogen) atoms. The van der Waals surface area contributed by atoms with Gasteiger partial charge in [-0.15, -0.1) is 0 Å². The van der Waals surface area contributed by atoms with E-state index in [2.05, 4.69) is 48.2 Å². The number of anilines is 2. The van der Waals surface area contributed by atoms with Crippen LogP contribution in [0.4, 0.5) is 11.4 Å². The van der Waals surface area contributed by atoms with Crippen LogP contribution in [-0.4, -0.2) is 11.0 Å². The second-order valence-corrected chi connectivity index (χ2v) is 5.40. The number of benzene rings is 2. The monoisotopic (exact) mass is 268 g/mol. The van der Waals surface area contributed by atoms with Crippen LogP contribution in [0.2, 0.25) is 0 Å². The van der Waals surface area contributed by atoms with Gasteiger partial charge in [0.1, 0.15) is 4.99 Å². The maximum absolute atomic E-state index is 5.64. The number of thiocarbonyl (C=S) groups is 1. The molecule has 0 radical (unpaired) electrons. The zero-order valence-electron chi connectivity index (χ0n) is 10.8. The second kappa shape index (κ2) is 4.67. The summed E-state index contributed by atoms with van der Waals surface area (Å²) in [5.74, 6) is 0. The van der Waals surface area contributed by atoms with E-state index in [1.165, 1.54) is 16.9 Å². The molecule has 2 nitrogen and oxygen atoms in total. The summed E-state index contributed by atoms with van der Waals surface area (Å²) < 4.78 is 0. The SMILES string of the molecule is CC1Cc2ccccc2N1c1ccc(C(N)=S)cc1. The Balaban J connectivity index is 2.00. The number of hydrogen-bond acceptors (Lipinski definition) is 2. The Hall–Kier alpha value is -1.87. The predicted octanol–water partition coefficient (Wildman–Crippen LogP) is 3.40. The van der Waals surface area contributed by atoms with Gasteiger partial charge in [0.2, 0.25) is 0 Å². The Morgan fingerprint density at radius 2 is 1.84 bits per heavy atom. The van der Waals surface area contributed by atoms with Crippen LogP contribution in [0.15, 0.2) is 48.5 Å². The molecule has 1 aliphatic rings. The lowest BCUT2D eigenvalue weighted by Crippen LogP contribution is -2.23. The molecule has 3 rings (SSSR count). The summed E-state index contributed by atoms with van der Waals surface area (Å²) in [6.07, 6.45) is 1.09. The summed E-state index contributed by atoms with van der Waals surface area (Å²) >= 11 is 4.99. The Morgan fingerprint density at radius 1 is 1.16 bits per heavy atom. The van der Waals surface area contributed by atoms with Crippen molar-refractivity contribution in [2.24, 2.45) is 5.73 Å². The van der Waals surface area contributed by atoms with E-state index in [0.29, 0.717) is 11.0 Å². The summed E-state index contributed by atoms with van der Waals surface area (Å²) in [6.45, 7) is 2.25. The highest BCUT2D eigenvalue weighted by atomic mass is 32.1. The lowest BCUT2D eigenvalue weighted by Gasteiger charge is -2.25. The fourth-order valence-corrected chi connectivity index (χ4v) is 2.88. The first-order valence-corrected chi connectivity index (χ1v) is 6.84. The van der Waals surface area contributed by atoms with Crippen molar-refractivity contribution in [3.8, 4) is 0 Å². The molecule has 0 amide bonds. The predicted molar refractivity (Wildman–Crippen MR) is 84.1 cm³/mol. The molecule has 0 aromatic heterocycles. The molecule has 2 N–H and O–H groups in total. The maximum Gasteiger partial charge on any atom is 0.103 e. The number of nitrogens with zero attached hydrogens (tertiary/aromatic N) is 1. The summed E-state index contributed by atoms with van der Waals surface area (Å²) in [7, 11) is 0. The fraction of sp³-hybridized carbons (Fsp3) is 0.188. The van der Waals surface area contributed by atoms with Gasteiger partial charge in [0.15, 0.2) is 0 Å². The first kappa shape index (κ1) is 12.2. The quantitative estimate of drug-likeness (QED) is 0.846. The van der Waals surface area contributed by atoms with Crippen LogP contribution >= 0.6 is 12.2 Å². The van der Waals surface area contributed by atoms with E-state index in [-0.39, 0.29) is 0 Å². The van der Waals surface area contributed by atoms with E-state index in [0.717, 1.165) is 12.0 Å². The smallest absolute Gasteiger partial charge is 0.103 e. The molecular formula is C16H16N2S. The van der Waals surface area contributed by atoms with E-state index in [1.807, 2.05) is 12.1 Å². The van der Waals surface area contributed by atoms with E-state index in [1.54, 1.807) is 0 Å². The lowest BCUT2D eigenvalue weighted by molar-refractivity contribution is 0.759. The fourth-order valence-electron chi connectivity index (χ4n) is 2.75. The molecular weight excluding hydrogens is 252 g/mol. The van der Waals surface area contributed by atoms with Crippen molar-refractivity contribution in [2.45, 2.75) is 19.4 Å². The largest absolute Gasteiger partial charge is 0.389 e. The highest BCUT2D eigenvalue weighted by Gasteiger charge is 2.26. The molecule has 0 saturated carbocycles. The Kier molecular flexibility index (Phi) is 2.99. The zero-order chi connectivity index (χ0) is 13.4. The molecule has 1 aliphatic heterocycles. The van der Waals surface area contributed by atoms with Crippen LogP contribution in [0.5, 0.6) is 0 Å². The van der Waals surface area contributed by atoms with Crippen LogP contribution < -0.4 is 10.6 Å². The van der Waals surface area contributed by atoms with Crippen LogP contribution in [0.3, 0.4) is 0 Å². The molecule has 1 heterocycles. The third kappa shape index (κ3) is 2.10. The molecule has 1 atom stereocenters. The second-order valence-electron chi connectivity index (χ2n) is 4.96. The minimum Gasteiger partial charge on any atom is -0.389 e. The normalized spacial score (nSPS) is 17.3. The standard InChI is InChI=1S/C16H16N2S/c1-11-10-13-4-2-3-5-15(13)18(11)14-8-6-12(7-9-14)16(17)19/h2-9,11H,10H2,1H3,(H2,17,19). The molecule has 0 aliphatic carbocycles. The Labute approximate surface area is 118 Å². The number of fused-ring (bicyclic) bond motifs is 1. The van der Waals surface area contributed by atoms with Gasteiger partial charge in [-0.3, -0.25) is 0 Å². The number of rotatable bonds is 2. The van der Waals surface area contributed by atoms with Crippen molar-refractivity contribution in [1.29, 1.82) is 0 Å². The van der Waals surface area contributed by atoms with Crippen molar-refractivity contribution in [2.75, 3.05) is 4.90 Å². The van der Waals surface area contributed by atoms with Crippen LogP contribution in [-0.2, 0) is 6.42 Å². The first-order valence-electron chi connectivity index (χ1n) is 6.44. The number of nitrogens with two attached hydrogens (primary N) is 1. The maximum atomic E-state index is 5.64. The zero-order valence-corrected chi connectivity index (χ0v) is 11.7. The average molecular weight is 268 g/mol. The summed E-state index contributed by atoms with van der Waals surface area (Å²) in [5, 5.41) is 0. The molecule has 0 fully saturated rings. The lowest BCUT2D eigenvalue weighted by atomic mass is 10.1. The van der Waals surface area contributed by atoms with Crippen LogP contribution in [0, 0.1) is 0 Å². The van der Waals surface area contributed by atoms with Crippen molar-refractivity contribution in [1.82, 2.24) is 0 Å². The van der Waals surface area contributed by atoms with Gasteiger partial charge in [-0.1, -0.05) is 30.4 Å². The van der Waals surface area contributed by atoms with E-state index >= 15 is 0 Å². The van der Waals surface area contributed by atoms with Crippen molar-refractivity contribution in [3.05, 3.63) is 59.7 Å². The van der Waals surface area contributed by atoms with Gasteiger partial charge in [0, 0.05) is 23.0 Å². The van der Waals surface area contributed by atoms with E-state index in [9.17, 15) is 0 Å². The molecule has 3 heteroatoms. The molecule has 96 valence electrons. The summed E-state index contributed by atoms with van der Waals surface area (Å²) in [5.41, 5.74) is 10.5. The van der Waals surface area contributed by atoms with E-state index in [4.69, 9.17) is 18.0 Å². The highest BCUT2D eigenvalue weighted by molar-refractivity contribution is 7.80. The third-order valence-electron chi connectivity index (χ3n) is 3.64. The van der Waals surface area contributed by atoms with Crippen molar-refractivity contribution in [3.63, 3.8) is 0 Å². The van der Waals surface area contributed by atoms with Gasteiger partial charge >= 0.3 is 0 Å². The van der Waals surface area contributed by atoms with Crippen molar-refractivity contribution >= 4 is 28.6 Å². The molecule has 0 saturated heterocycles. The van der Waals surface area contributed by atoms with Crippen molar-refractivity contribution < 1.29 is 0 Å². The highest BCUT2D eigenvalue weighted by Crippen LogP contribution is 2.37. The summed E-state index contributed by atoms with van der Waals surface area (Å²) in [4.78, 5) is 2.82. The number of para-hydroxylation sites is 1. The van der Waals surface area contributed by atoms with Gasteiger partial charge in [0.05, 0.1) is 0 Å². The Morgan fingerprint density at radius 3 is 2.53 bits per heavy atom. The van der Waals surface area contributed by atoms with Gasteiger partial charge in [-0.05, 0) is 49.2 Å². The van der Waals surface area contributed by atoms with Gasteiger partial charge in [-0.2, -0.15) is 0 Å². The topological polar surface area (TPSA) is 29.3 Å². The summed E-state index contributed by atoms with van der Waals surface area (Å²) in [6, 6.07) is 17.2. The minimum absolute atomic E-state index is 0.446. The molecule has 0 bridgehead atoms. The minimum atomic E-state index is 0.446. The van der Waals surface area contributed by atoms with Gasteiger partial charge in [-0.25, -0.2) is 0 Å². The number of hydrogen-bond donors (Lipinski definition) is 1. The first-order chi connectivity index (χ1) is 9.16. The van der Waals surface area contributed by atoms with Crippen LogP contribution in [0.1, 0.15) is 18.1 Å². The Bertz CT molecular complexity index is 619. The van der Waals surface area contributed by atoms with E-state index < -0.39 is 0 Å². The third-order valence-corrected chi connectivity index (χ3v) is 3.87. The molecule has 2 aromatic carbocycles. The molecule has 1 unspecified atom stereocenters. The average Bonchev–Trinajstić information content (AvgIpc) is 2.74. The van der Waals surface area contributed by atoms with Crippen LogP contribution in [0.25, 0.3) is 0 Å². The van der Waals surface area contributed by atoms with Gasteiger partial charge < -0.3 is 10.6 Å². The molecule has 0 spiro atoms.